The van der Waals surface area contributed by atoms with Crippen molar-refractivity contribution >= 4 is 0 Å². The molecule has 4 nitrogen and oxygen atoms in total. The lowest BCUT2D eigenvalue weighted by Crippen LogP contribution is -2.32. The molecular weight excluding hydrogens is 216 g/mol. The molecule has 2 heterocycles. The first kappa shape index (κ1) is 12.5. The van der Waals surface area contributed by atoms with Gasteiger partial charge in [0.15, 0.2) is 0 Å². The topological polar surface area (TPSA) is 45.6 Å². The van der Waals surface area contributed by atoms with Crippen molar-refractivity contribution in [3.05, 3.63) is 30.1 Å². The number of aliphatic hydroxyl groups excluding tert-OH is 1. The average molecular weight is 236 g/mol. The van der Waals surface area contributed by atoms with Gasteiger partial charge in [0.2, 0.25) is 0 Å². The highest BCUT2D eigenvalue weighted by Crippen LogP contribution is 2.08. The van der Waals surface area contributed by atoms with Gasteiger partial charge in [-0.25, -0.2) is 0 Å². The molecule has 0 radical (unpaired) electrons. The van der Waals surface area contributed by atoms with Gasteiger partial charge in [0.25, 0.3) is 0 Å². The Morgan fingerprint density at radius 2 is 2.18 bits per heavy atom. The number of aliphatic hydroxyl groups is 1. The van der Waals surface area contributed by atoms with Crippen molar-refractivity contribution in [1.82, 2.24) is 9.88 Å². The zero-order valence-electron chi connectivity index (χ0n) is 10.1. The summed E-state index contributed by atoms with van der Waals surface area (Å²) in [5.74, 6) is 0. The van der Waals surface area contributed by atoms with Crippen molar-refractivity contribution in [2.45, 2.75) is 25.6 Å². The number of nitrogens with zero attached hydrogens (tertiary/aromatic N) is 2. The van der Waals surface area contributed by atoms with Crippen LogP contribution in [-0.2, 0) is 11.3 Å². The maximum absolute atomic E-state index is 9.80. The van der Waals surface area contributed by atoms with Crippen LogP contribution < -0.4 is 0 Å². The Labute approximate surface area is 102 Å². The fourth-order valence-corrected chi connectivity index (χ4v) is 2.10. The van der Waals surface area contributed by atoms with E-state index in [9.17, 15) is 5.11 Å². The van der Waals surface area contributed by atoms with Gasteiger partial charge in [-0.05, 0) is 38.1 Å². The van der Waals surface area contributed by atoms with Crippen LogP contribution in [0.5, 0.6) is 0 Å². The van der Waals surface area contributed by atoms with Crippen molar-refractivity contribution in [2.24, 2.45) is 0 Å². The number of β-amino-alcohol motifs (C(OH)–C–C–N with tert-alkyl or cyclic N) is 1. The van der Waals surface area contributed by atoms with Crippen LogP contribution in [0.2, 0.25) is 0 Å². The fourth-order valence-electron chi connectivity index (χ4n) is 2.10. The Hall–Kier alpha value is -0.970. The minimum atomic E-state index is -0.392. The van der Waals surface area contributed by atoms with E-state index in [1.807, 2.05) is 18.2 Å². The second kappa shape index (κ2) is 6.69. The monoisotopic (exact) mass is 236 g/mol. The summed E-state index contributed by atoms with van der Waals surface area (Å²) in [6, 6.07) is 5.74. The van der Waals surface area contributed by atoms with E-state index in [4.69, 9.17) is 4.74 Å². The number of ether oxygens (including phenoxy) is 1. The summed E-state index contributed by atoms with van der Waals surface area (Å²) in [4.78, 5) is 6.45. The smallest absolute Gasteiger partial charge is 0.0900 e. The number of likely N-dealkylation sites (tertiary alicyclic amines) is 1. The molecule has 0 amide bonds. The van der Waals surface area contributed by atoms with E-state index in [1.54, 1.807) is 6.20 Å². The molecule has 0 aliphatic carbocycles. The Kier molecular flexibility index (Phi) is 4.91. The lowest BCUT2D eigenvalue weighted by atomic mass is 10.3. The Balaban J connectivity index is 1.61. The lowest BCUT2D eigenvalue weighted by Gasteiger charge is -2.19. The molecule has 0 saturated carbocycles. The zero-order chi connectivity index (χ0) is 11.9. The molecule has 17 heavy (non-hydrogen) atoms. The largest absolute Gasteiger partial charge is 0.389 e. The van der Waals surface area contributed by atoms with Crippen LogP contribution in [0, 0.1) is 0 Å². The van der Waals surface area contributed by atoms with Gasteiger partial charge in [-0.1, -0.05) is 6.07 Å². The van der Waals surface area contributed by atoms with Gasteiger partial charge in [0.05, 0.1) is 25.0 Å². The van der Waals surface area contributed by atoms with Crippen LogP contribution in [0.1, 0.15) is 18.5 Å². The number of hydrogen-bond acceptors (Lipinski definition) is 4. The van der Waals surface area contributed by atoms with Gasteiger partial charge in [-0.15, -0.1) is 0 Å². The predicted molar refractivity (Wildman–Crippen MR) is 65.6 cm³/mol. The van der Waals surface area contributed by atoms with E-state index in [0.717, 1.165) is 25.3 Å². The van der Waals surface area contributed by atoms with E-state index in [0.29, 0.717) is 13.2 Å². The van der Waals surface area contributed by atoms with E-state index in [2.05, 4.69) is 9.88 Å². The molecule has 0 aromatic carbocycles. The second-order valence-electron chi connectivity index (χ2n) is 4.50. The van der Waals surface area contributed by atoms with Crippen LogP contribution in [0.3, 0.4) is 0 Å². The van der Waals surface area contributed by atoms with Crippen LogP contribution >= 0.6 is 0 Å². The van der Waals surface area contributed by atoms with Gasteiger partial charge in [-0.3, -0.25) is 4.98 Å². The molecule has 1 saturated heterocycles. The molecule has 4 heteroatoms. The molecule has 2 rings (SSSR count). The zero-order valence-corrected chi connectivity index (χ0v) is 10.1. The molecule has 1 aromatic rings. The highest BCUT2D eigenvalue weighted by molar-refractivity contribution is 5.01. The van der Waals surface area contributed by atoms with E-state index >= 15 is 0 Å². The summed E-state index contributed by atoms with van der Waals surface area (Å²) in [5, 5.41) is 9.80. The summed E-state index contributed by atoms with van der Waals surface area (Å²) >= 11 is 0. The summed E-state index contributed by atoms with van der Waals surface area (Å²) in [6.07, 6.45) is 3.86. The number of aromatic nitrogens is 1. The molecule has 0 bridgehead atoms. The van der Waals surface area contributed by atoms with Crippen molar-refractivity contribution in [3.63, 3.8) is 0 Å². The van der Waals surface area contributed by atoms with E-state index in [-0.39, 0.29) is 0 Å². The summed E-state index contributed by atoms with van der Waals surface area (Å²) in [7, 11) is 0. The maximum Gasteiger partial charge on any atom is 0.0900 e. The standard InChI is InChI=1S/C13H20N2O2/c16-13(9-15-7-3-4-8-15)11-17-10-12-5-1-2-6-14-12/h1-2,5-6,13,16H,3-4,7-11H2. The van der Waals surface area contributed by atoms with Crippen LogP contribution in [0.15, 0.2) is 24.4 Å². The normalized spacial score (nSPS) is 18.4. The molecule has 1 aromatic heterocycles. The Bertz CT molecular complexity index is 312. The first-order valence-corrected chi connectivity index (χ1v) is 6.22. The van der Waals surface area contributed by atoms with Crippen molar-refractivity contribution in [3.8, 4) is 0 Å². The molecule has 0 spiro atoms. The second-order valence-corrected chi connectivity index (χ2v) is 4.50. The third kappa shape index (κ3) is 4.42. The molecule has 1 aliphatic heterocycles. The molecule has 1 atom stereocenters. The molecule has 1 aliphatic rings. The first-order valence-electron chi connectivity index (χ1n) is 6.22. The molecular formula is C13H20N2O2. The quantitative estimate of drug-likeness (QED) is 0.802. The van der Waals surface area contributed by atoms with Crippen molar-refractivity contribution < 1.29 is 9.84 Å². The molecule has 94 valence electrons. The van der Waals surface area contributed by atoms with Crippen LogP contribution in [0.25, 0.3) is 0 Å². The van der Waals surface area contributed by atoms with Crippen LogP contribution in [-0.4, -0.2) is 47.3 Å². The van der Waals surface area contributed by atoms with Gasteiger partial charge < -0.3 is 14.7 Å². The van der Waals surface area contributed by atoms with E-state index < -0.39 is 6.10 Å². The van der Waals surface area contributed by atoms with Gasteiger partial charge >= 0.3 is 0 Å². The Morgan fingerprint density at radius 1 is 1.35 bits per heavy atom. The SMILES string of the molecule is OC(COCc1ccccn1)CN1CCCC1. The number of hydrogen-bond donors (Lipinski definition) is 1. The maximum atomic E-state index is 9.80. The summed E-state index contributed by atoms with van der Waals surface area (Å²) in [5.41, 5.74) is 0.904. The van der Waals surface area contributed by atoms with Crippen molar-refractivity contribution in [1.29, 1.82) is 0 Å². The summed E-state index contributed by atoms with van der Waals surface area (Å²) in [6.45, 7) is 3.79. The predicted octanol–water partition coefficient (Wildman–Crippen LogP) is 1.05. The molecule has 1 unspecified atom stereocenters. The fraction of sp³-hybridized carbons (Fsp3) is 0.615. The van der Waals surface area contributed by atoms with Gasteiger partial charge in [-0.2, -0.15) is 0 Å². The minimum absolute atomic E-state index is 0.382. The first-order chi connectivity index (χ1) is 8.34. The third-order valence-electron chi connectivity index (χ3n) is 2.95. The van der Waals surface area contributed by atoms with Gasteiger partial charge in [0.1, 0.15) is 0 Å². The average Bonchev–Trinajstić information content (AvgIpc) is 2.83. The van der Waals surface area contributed by atoms with Gasteiger partial charge in [0, 0.05) is 12.7 Å². The van der Waals surface area contributed by atoms with Crippen LogP contribution in [0.4, 0.5) is 0 Å². The highest BCUT2D eigenvalue weighted by atomic mass is 16.5. The van der Waals surface area contributed by atoms with Crippen molar-refractivity contribution in [2.75, 3.05) is 26.2 Å². The third-order valence-corrected chi connectivity index (χ3v) is 2.95. The molecule has 1 N–H and O–H groups in total. The van der Waals surface area contributed by atoms with E-state index in [1.165, 1.54) is 12.8 Å². The number of rotatable bonds is 6. The number of pyridine rings is 1. The Morgan fingerprint density at radius 3 is 2.88 bits per heavy atom. The molecule has 1 fully saturated rings. The summed E-state index contributed by atoms with van der Waals surface area (Å²) < 4.78 is 5.45. The highest BCUT2D eigenvalue weighted by Gasteiger charge is 2.15. The lowest BCUT2D eigenvalue weighted by molar-refractivity contribution is 0.0124. The minimum Gasteiger partial charge on any atom is -0.389 e.